The topological polar surface area (TPSA) is 48.0 Å². The van der Waals surface area contributed by atoms with Crippen molar-refractivity contribution in [2.75, 3.05) is 25.4 Å². The lowest BCUT2D eigenvalue weighted by Crippen LogP contribution is -3.11. The van der Waals surface area contributed by atoms with Crippen LogP contribution in [0.4, 0.5) is 4.39 Å². The van der Waals surface area contributed by atoms with Gasteiger partial charge in [-0.05, 0) is 39.0 Å². The van der Waals surface area contributed by atoms with Gasteiger partial charge in [0.15, 0.2) is 5.65 Å². The number of thioether (sulfide) groups is 1. The van der Waals surface area contributed by atoms with E-state index in [1.54, 1.807) is 22.7 Å². The van der Waals surface area contributed by atoms with Crippen LogP contribution in [0.3, 0.4) is 0 Å². The highest BCUT2D eigenvalue weighted by molar-refractivity contribution is 7.99. The zero-order valence-electron chi connectivity index (χ0n) is 14.3. The van der Waals surface area contributed by atoms with Crippen LogP contribution in [0.2, 0.25) is 0 Å². The highest BCUT2D eigenvalue weighted by atomic mass is 32.2. The average molecular weight is 348 g/mol. The molecule has 0 saturated heterocycles. The molecule has 0 amide bonds. The largest absolute Gasteiger partial charge is 0.335 e. The maximum atomic E-state index is 13.6. The van der Waals surface area contributed by atoms with Crippen molar-refractivity contribution in [3.05, 3.63) is 24.0 Å². The Morgan fingerprint density at radius 2 is 1.96 bits per heavy atom. The van der Waals surface area contributed by atoms with Crippen LogP contribution in [0.25, 0.3) is 22.1 Å². The number of rotatable bonds is 7. The molecule has 0 radical (unpaired) electrons. The summed E-state index contributed by atoms with van der Waals surface area (Å²) in [5.74, 6) is 0.700. The molecule has 0 fully saturated rings. The molecule has 24 heavy (non-hydrogen) atoms. The van der Waals surface area contributed by atoms with E-state index in [4.69, 9.17) is 0 Å². The number of nitrogens with zero attached hydrogens (tertiary/aromatic N) is 4. The minimum absolute atomic E-state index is 0.264. The minimum atomic E-state index is -0.264. The third-order valence-electron chi connectivity index (χ3n) is 4.41. The zero-order chi connectivity index (χ0) is 17.1. The molecule has 5 nitrogen and oxygen atoms in total. The van der Waals surface area contributed by atoms with Gasteiger partial charge in [-0.3, -0.25) is 0 Å². The van der Waals surface area contributed by atoms with E-state index in [0.717, 1.165) is 48.5 Å². The van der Waals surface area contributed by atoms with Gasteiger partial charge in [-0.1, -0.05) is 11.8 Å². The Hall–Kier alpha value is -1.73. The molecule has 2 aromatic heterocycles. The van der Waals surface area contributed by atoms with Gasteiger partial charge in [0.25, 0.3) is 0 Å². The van der Waals surface area contributed by atoms with Crippen LogP contribution in [0.1, 0.15) is 20.8 Å². The predicted octanol–water partition coefficient (Wildman–Crippen LogP) is 2.16. The van der Waals surface area contributed by atoms with Crippen molar-refractivity contribution < 1.29 is 9.29 Å². The predicted molar refractivity (Wildman–Crippen MR) is 96.1 cm³/mol. The van der Waals surface area contributed by atoms with Crippen molar-refractivity contribution in [1.29, 1.82) is 0 Å². The number of hydrogen-bond donors (Lipinski definition) is 1. The van der Waals surface area contributed by atoms with Crippen molar-refractivity contribution in [1.82, 2.24) is 19.7 Å². The van der Waals surface area contributed by atoms with E-state index < -0.39 is 0 Å². The Morgan fingerprint density at radius 3 is 2.67 bits per heavy atom. The quantitative estimate of drug-likeness (QED) is 0.665. The van der Waals surface area contributed by atoms with Crippen LogP contribution in [0.5, 0.6) is 0 Å². The molecule has 0 aliphatic rings. The summed E-state index contributed by atoms with van der Waals surface area (Å²) in [7, 11) is 0. The number of fused-ring (bicyclic) bond motifs is 3. The number of aryl methyl sites for hydroxylation is 1. The van der Waals surface area contributed by atoms with Crippen LogP contribution < -0.4 is 4.90 Å². The first kappa shape index (κ1) is 17.1. The molecule has 1 aromatic carbocycles. The van der Waals surface area contributed by atoms with E-state index in [2.05, 4.69) is 40.5 Å². The van der Waals surface area contributed by atoms with E-state index >= 15 is 0 Å². The number of quaternary nitrogens is 1. The molecule has 0 saturated carbocycles. The lowest BCUT2D eigenvalue weighted by atomic mass is 10.2. The molecule has 2 heterocycles. The molecule has 0 spiro atoms. The summed E-state index contributed by atoms with van der Waals surface area (Å²) < 4.78 is 15.7. The van der Waals surface area contributed by atoms with Crippen molar-refractivity contribution in [2.24, 2.45) is 0 Å². The van der Waals surface area contributed by atoms with Crippen LogP contribution in [-0.2, 0) is 6.54 Å². The van der Waals surface area contributed by atoms with Crippen molar-refractivity contribution in [3.8, 4) is 0 Å². The zero-order valence-corrected chi connectivity index (χ0v) is 15.2. The van der Waals surface area contributed by atoms with Crippen LogP contribution in [0.15, 0.2) is 23.4 Å². The van der Waals surface area contributed by atoms with Crippen LogP contribution in [-0.4, -0.2) is 45.1 Å². The normalized spacial score (nSPS) is 11.9. The number of hydrogen-bond acceptors (Lipinski definition) is 4. The third-order valence-corrected chi connectivity index (χ3v) is 5.25. The molecule has 0 aliphatic carbocycles. The molecule has 1 N–H and O–H groups in total. The first-order chi connectivity index (χ1) is 11.7. The second-order valence-corrected chi connectivity index (χ2v) is 6.79. The molecule has 128 valence electrons. The molecule has 0 aliphatic heterocycles. The van der Waals surface area contributed by atoms with Crippen LogP contribution >= 0.6 is 11.8 Å². The Bertz CT molecular complexity index is 844. The summed E-state index contributed by atoms with van der Waals surface area (Å²) in [4.78, 5) is 6.25. The fourth-order valence-electron chi connectivity index (χ4n) is 2.98. The van der Waals surface area contributed by atoms with E-state index in [1.807, 2.05) is 0 Å². The Labute approximate surface area is 145 Å². The number of halogens is 1. The number of benzene rings is 1. The van der Waals surface area contributed by atoms with Crippen LogP contribution in [0, 0.1) is 5.82 Å². The summed E-state index contributed by atoms with van der Waals surface area (Å²) in [5.41, 5.74) is 2.40. The second-order valence-electron chi connectivity index (χ2n) is 5.73. The van der Waals surface area contributed by atoms with Gasteiger partial charge in [-0.2, -0.15) is 0 Å². The van der Waals surface area contributed by atoms with Gasteiger partial charge in [-0.25, -0.2) is 9.37 Å². The summed E-state index contributed by atoms with van der Waals surface area (Å²) in [6.07, 6.45) is 0. The van der Waals surface area contributed by atoms with Gasteiger partial charge in [0, 0.05) is 11.9 Å². The average Bonchev–Trinajstić information content (AvgIpc) is 2.91. The maximum Gasteiger partial charge on any atom is 0.211 e. The fourth-order valence-corrected chi connectivity index (χ4v) is 3.81. The summed E-state index contributed by atoms with van der Waals surface area (Å²) in [5, 5.41) is 10.0. The van der Waals surface area contributed by atoms with Crippen molar-refractivity contribution in [2.45, 2.75) is 32.5 Å². The molecule has 0 unspecified atom stereocenters. The summed E-state index contributed by atoms with van der Waals surface area (Å²) >= 11 is 1.63. The second kappa shape index (κ2) is 7.44. The molecule has 3 aromatic rings. The molecule has 7 heteroatoms. The maximum absolute atomic E-state index is 13.6. The number of nitrogens with one attached hydrogen (secondary N) is 1. The monoisotopic (exact) mass is 348 g/mol. The fraction of sp³-hybridized carbons (Fsp3) is 0.471. The molecular formula is C17H23FN5S+. The lowest BCUT2D eigenvalue weighted by Gasteiger charge is -2.14. The standard InChI is InChI=1S/C17H22FN5S/c1-4-22(5-2)9-10-24-17-19-16-15(20-21-17)13-11-12(18)7-8-14(13)23(16)6-3/h7-8,11H,4-6,9-10H2,1-3H3/p+1. The van der Waals surface area contributed by atoms with Gasteiger partial charge in [-0.15, -0.1) is 10.2 Å². The Balaban J connectivity index is 1.91. The Kier molecular flexibility index (Phi) is 5.30. The van der Waals surface area contributed by atoms with Gasteiger partial charge < -0.3 is 9.47 Å². The SMILES string of the molecule is CCn1c2ccc(F)cc2c2nnc(SCC[NH+](CC)CC)nc21. The van der Waals surface area contributed by atoms with Gasteiger partial charge >= 0.3 is 0 Å². The summed E-state index contributed by atoms with van der Waals surface area (Å²) in [6, 6.07) is 4.77. The summed E-state index contributed by atoms with van der Waals surface area (Å²) in [6.45, 7) is 10.6. The van der Waals surface area contributed by atoms with E-state index in [1.165, 1.54) is 12.1 Å². The molecule has 0 atom stereocenters. The van der Waals surface area contributed by atoms with E-state index in [0.29, 0.717) is 10.7 Å². The molecular weight excluding hydrogens is 325 g/mol. The Morgan fingerprint density at radius 1 is 1.17 bits per heavy atom. The lowest BCUT2D eigenvalue weighted by molar-refractivity contribution is -0.893. The van der Waals surface area contributed by atoms with Gasteiger partial charge in [0.05, 0.1) is 30.9 Å². The van der Waals surface area contributed by atoms with Crippen molar-refractivity contribution in [3.63, 3.8) is 0 Å². The third kappa shape index (κ3) is 3.23. The minimum Gasteiger partial charge on any atom is -0.335 e. The van der Waals surface area contributed by atoms with E-state index in [-0.39, 0.29) is 5.82 Å². The first-order valence-corrected chi connectivity index (χ1v) is 9.45. The highest BCUT2D eigenvalue weighted by Crippen LogP contribution is 2.27. The molecule has 0 bridgehead atoms. The number of aromatic nitrogens is 4. The molecule has 3 rings (SSSR count). The van der Waals surface area contributed by atoms with E-state index in [9.17, 15) is 4.39 Å². The van der Waals surface area contributed by atoms with Crippen molar-refractivity contribution >= 4 is 33.8 Å². The first-order valence-electron chi connectivity index (χ1n) is 8.46. The smallest absolute Gasteiger partial charge is 0.211 e. The van der Waals surface area contributed by atoms with Gasteiger partial charge in [0.1, 0.15) is 11.3 Å². The van der Waals surface area contributed by atoms with Gasteiger partial charge in [0.2, 0.25) is 5.16 Å². The highest BCUT2D eigenvalue weighted by Gasteiger charge is 2.15.